The van der Waals surface area contributed by atoms with Crippen LogP contribution in [0.25, 0.3) is 0 Å². The fraction of sp³-hybridized carbons (Fsp3) is 0.571. The molecular formula is C21H32N4. The van der Waals surface area contributed by atoms with Crippen LogP contribution >= 0.6 is 0 Å². The summed E-state index contributed by atoms with van der Waals surface area (Å²) in [4.78, 5) is 4.79. The predicted octanol–water partition coefficient (Wildman–Crippen LogP) is 3.24. The Kier molecular flexibility index (Phi) is 5.92. The van der Waals surface area contributed by atoms with E-state index in [1.54, 1.807) is 0 Å². The van der Waals surface area contributed by atoms with Gasteiger partial charge in [-0.05, 0) is 76.5 Å². The predicted molar refractivity (Wildman–Crippen MR) is 103 cm³/mol. The monoisotopic (exact) mass is 340 g/mol. The number of benzene rings is 1. The van der Waals surface area contributed by atoms with Crippen LogP contribution in [0.4, 0.5) is 0 Å². The maximum atomic E-state index is 4.46. The van der Waals surface area contributed by atoms with Crippen molar-refractivity contribution >= 4 is 0 Å². The van der Waals surface area contributed by atoms with Gasteiger partial charge in [0.15, 0.2) is 0 Å². The summed E-state index contributed by atoms with van der Waals surface area (Å²) >= 11 is 0. The molecule has 0 saturated carbocycles. The van der Waals surface area contributed by atoms with Crippen molar-refractivity contribution in [1.29, 1.82) is 0 Å². The minimum atomic E-state index is 0.823. The minimum absolute atomic E-state index is 0.823. The number of hydrogen-bond donors (Lipinski definition) is 0. The second-order valence-corrected chi connectivity index (χ2v) is 7.88. The number of likely N-dealkylation sites (tertiary alicyclic amines) is 1. The Morgan fingerprint density at radius 3 is 2.28 bits per heavy atom. The average Bonchev–Trinajstić information content (AvgIpc) is 2.88. The van der Waals surface area contributed by atoms with Gasteiger partial charge in [-0.1, -0.05) is 24.3 Å². The molecule has 0 amide bonds. The van der Waals surface area contributed by atoms with Crippen LogP contribution in [0.3, 0.4) is 0 Å². The summed E-state index contributed by atoms with van der Waals surface area (Å²) in [6, 6.07) is 11.4. The van der Waals surface area contributed by atoms with Crippen LogP contribution in [0.2, 0.25) is 0 Å². The number of aryl methyl sites for hydroxylation is 2. The number of hydrogen-bond acceptors (Lipinski definition) is 3. The van der Waals surface area contributed by atoms with Crippen molar-refractivity contribution < 1.29 is 0 Å². The van der Waals surface area contributed by atoms with E-state index in [1.807, 2.05) is 4.68 Å². The maximum absolute atomic E-state index is 4.46. The molecule has 2 heterocycles. The Morgan fingerprint density at radius 2 is 1.72 bits per heavy atom. The van der Waals surface area contributed by atoms with Crippen molar-refractivity contribution in [2.45, 2.75) is 39.3 Å². The van der Waals surface area contributed by atoms with Gasteiger partial charge < -0.3 is 4.90 Å². The molecule has 3 rings (SSSR count). The lowest BCUT2D eigenvalue weighted by Crippen LogP contribution is -2.34. The molecule has 1 fully saturated rings. The molecule has 2 aromatic rings. The summed E-state index contributed by atoms with van der Waals surface area (Å²) in [6.45, 7) is 6.52. The van der Waals surface area contributed by atoms with Crippen molar-refractivity contribution in [3.05, 3.63) is 52.8 Å². The number of rotatable bonds is 6. The molecule has 1 aromatic carbocycles. The largest absolute Gasteiger partial charge is 0.305 e. The number of nitrogens with zero attached hydrogens (tertiary/aromatic N) is 4. The Labute approximate surface area is 152 Å². The molecule has 1 saturated heterocycles. The highest BCUT2D eigenvalue weighted by Gasteiger charge is 2.20. The van der Waals surface area contributed by atoms with E-state index in [1.165, 1.54) is 49.2 Å². The summed E-state index contributed by atoms with van der Waals surface area (Å²) in [5.74, 6) is 0.823. The normalized spacial score (nSPS) is 16.7. The standard InChI is InChI=1S/C21H32N4/c1-17-13-21(24(4)22-17)16-25-11-9-19(10-12-25)14-18-5-7-20(8-6-18)15-23(2)3/h5-8,13,19H,9-12,14-16H2,1-4H3. The number of piperidine rings is 1. The molecule has 0 spiro atoms. The van der Waals surface area contributed by atoms with E-state index in [9.17, 15) is 0 Å². The van der Waals surface area contributed by atoms with E-state index in [2.05, 4.69) is 73.3 Å². The molecule has 1 aromatic heterocycles. The van der Waals surface area contributed by atoms with Gasteiger partial charge >= 0.3 is 0 Å². The van der Waals surface area contributed by atoms with E-state index in [0.717, 1.165) is 24.7 Å². The van der Waals surface area contributed by atoms with Crippen molar-refractivity contribution in [2.24, 2.45) is 13.0 Å². The highest BCUT2D eigenvalue weighted by Crippen LogP contribution is 2.23. The van der Waals surface area contributed by atoms with E-state index >= 15 is 0 Å². The Hall–Kier alpha value is -1.65. The Bertz CT molecular complexity index is 664. The fourth-order valence-electron chi connectivity index (χ4n) is 3.87. The highest BCUT2D eigenvalue weighted by molar-refractivity contribution is 5.23. The van der Waals surface area contributed by atoms with E-state index < -0.39 is 0 Å². The fourth-order valence-corrected chi connectivity index (χ4v) is 3.87. The molecule has 0 radical (unpaired) electrons. The third kappa shape index (κ3) is 5.16. The summed E-state index contributed by atoms with van der Waals surface area (Å²) < 4.78 is 2.02. The van der Waals surface area contributed by atoms with Gasteiger partial charge in [0.05, 0.1) is 11.4 Å². The van der Waals surface area contributed by atoms with Gasteiger partial charge in [-0.15, -0.1) is 0 Å². The lowest BCUT2D eigenvalue weighted by atomic mass is 9.90. The first kappa shape index (κ1) is 18.2. The quantitative estimate of drug-likeness (QED) is 0.807. The topological polar surface area (TPSA) is 24.3 Å². The van der Waals surface area contributed by atoms with E-state index in [-0.39, 0.29) is 0 Å². The van der Waals surface area contributed by atoms with Gasteiger partial charge in [-0.2, -0.15) is 5.10 Å². The van der Waals surface area contributed by atoms with E-state index in [4.69, 9.17) is 0 Å². The summed E-state index contributed by atoms with van der Waals surface area (Å²) in [7, 11) is 6.29. The van der Waals surface area contributed by atoms with Crippen LogP contribution in [0.1, 0.15) is 35.4 Å². The van der Waals surface area contributed by atoms with E-state index in [0.29, 0.717) is 0 Å². The molecule has 136 valence electrons. The van der Waals surface area contributed by atoms with Gasteiger partial charge in [-0.25, -0.2) is 0 Å². The summed E-state index contributed by atoms with van der Waals surface area (Å²) in [5.41, 5.74) is 5.33. The zero-order valence-corrected chi connectivity index (χ0v) is 16.2. The van der Waals surface area contributed by atoms with Crippen molar-refractivity contribution in [3.63, 3.8) is 0 Å². The van der Waals surface area contributed by atoms with Gasteiger partial charge in [0.1, 0.15) is 0 Å². The lowest BCUT2D eigenvalue weighted by molar-refractivity contribution is 0.173. The van der Waals surface area contributed by atoms with Crippen LogP contribution in [-0.2, 0) is 26.6 Å². The summed E-state index contributed by atoms with van der Waals surface area (Å²) in [5, 5.41) is 4.46. The molecule has 25 heavy (non-hydrogen) atoms. The molecule has 1 aliphatic rings. The average molecular weight is 341 g/mol. The molecule has 0 N–H and O–H groups in total. The maximum Gasteiger partial charge on any atom is 0.0597 e. The first-order valence-electron chi connectivity index (χ1n) is 9.44. The Morgan fingerprint density at radius 1 is 1.08 bits per heavy atom. The smallest absolute Gasteiger partial charge is 0.0597 e. The van der Waals surface area contributed by atoms with Crippen LogP contribution in [0, 0.1) is 12.8 Å². The minimum Gasteiger partial charge on any atom is -0.305 e. The molecule has 1 aliphatic heterocycles. The second-order valence-electron chi connectivity index (χ2n) is 7.88. The third-order valence-electron chi connectivity index (χ3n) is 5.24. The van der Waals surface area contributed by atoms with Crippen LogP contribution in [0.15, 0.2) is 30.3 Å². The van der Waals surface area contributed by atoms with Crippen molar-refractivity contribution in [3.8, 4) is 0 Å². The first-order valence-corrected chi connectivity index (χ1v) is 9.44. The van der Waals surface area contributed by atoms with Gasteiger partial charge in [0.2, 0.25) is 0 Å². The zero-order chi connectivity index (χ0) is 17.8. The molecule has 0 atom stereocenters. The van der Waals surface area contributed by atoms with Gasteiger partial charge in [0, 0.05) is 20.1 Å². The SMILES string of the molecule is Cc1cc(CN2CCC(Cc3ccc(CN(C)C)cc3)CC2)n(C)n1. The highest BCUT2D eigenvalue weighted by atomic mass is 15.3. The number of aromatic nitrogens is 2. The van der Waals surface area contributed by atoms with Gasteiger partial charge in [-0.3, -0.25) is 9.58 Å². The first-order chi connectivity index (χ1) is 12.0. The zero-order valence-electron chi connectivity index (χ0n) is 16.2. The van der Waals surface area contributed by atoms with Crippen LogP contribution in [-0.4, -0.2) is 46.8 Å². The Balaban J connectivity index is 1.46. The molecular weight excluding hydrogens is 308 g/mol. The molecule has 0 bridgehead atoms. The van der Waals surface area contributed by atoms with Crippen molar-refractivity contribution in [2.75, 3.05) is 27.2 Å². The van der Waals surface area contributed by atoms with Crippen molar-refractivity contribution in [1.82, 2.24) is 19.6 Å². The second kappa shape index (κ2) is 8.15. The molecule has 4 heteroatoms. The van der Waals surface area contributed by atoms with Crippen LogP contribution in [0.5, 0.6) is 0 Å². The van der Waals surface area contributed by atoms with Gasteiger partial charge in [0.25, 0.3) is 0 Å². The lowest BCUT2D eigenvalue weighted by Gasteiger charge is -2.32. The molecule has 0 unspecified atom stereocenters. The third-order valence-corrected chi connectivity index (χ3v) is 5.24. The molecule has 4 nitrogen and oxygen atoms in total. The van der Waals surface area contributed by atoms with Crippen LogP contribution < -0.4 is 0 Å². The molecule has 0 aliphatic carbocycles. The summed E-state index contributed by atoms with van der Waals surface area (Å²) in [6.07, 6.45) is 3.83.